The van der Waals surface area contributed by atoms with Crippen molar-refractivity contribution < 1.29 is 42.1 Å². The molecule has 3 aromatic rings. The number of ether oxygens (including phenoxy) is 2. The molecule has 2 aliphatic rings. The van der Waals surface area contributed by atoms with Crippen LogP contribution < -0.4 is 20.3 Å². The van der Waals surface area contributed by atoms with Crippen LogP contribution in [0.2, 0.25) is 0 Å². The van der Waals surface area contributed by atoms with Crippen LogP contribution in [0.15, 0.2) is 48.9 Å². The number of fused-ring (bicyclic) bond motifs is 1. The van der Waals surface area contributed by atoms with Crippen LogP contribution in [0.25, 0.3) is 0 Å². The van der Waals surface area contributed by atoms with Crippen molar-refractivity contribution in [1.82, 2.24) is 25.2 Å². The van der Waals surface area contributed by atoms with E-state index in [0.29, 0.717) is 49.7 Å². The number of aliphatic carboxylic acids is 1. The molecule has 0 spiro atoms. The van der Waals surface area contributed by atoms with Crippen molar-refractivity contribution in [3.63, 3.8) is 0 Å². The van der Waals surface area contributed by atoms with E-state index >= 15 is 0 Å². The highest BCUT2D eigenvalue weighted by Crippen LogP contribution is 2.38. The topological polar surface area (TPSA) is 159 Å². The van der Waals surface area contributed by atoms with Crippen LogP contribution in [0.4, 0.5) is 29.5 Å². The lowest BCUT2D eigenvalue weighted by Gasteiger charge is -2.31. The van der Waals surface area contributed by atoms with Crippen molar-refractivity contribution in [2.45, 2.75) is 58.0 Å². The van der Waals surface area contributed by atoms with E-state index in [1.807, 2.05) is 25.7 Å². The molecule has 0 unspecified atom stereocenters. The molecule has 2 amide bonds. The molecular formula is C32H38F3N7O6. The summed E-state index contributed by atoms with van der Waals surface area (Å²) < 4.78 is 50.7. The van der Waals surface area contributed by atoms with E-state index in [1.54, 1.807) is 35.2 Å². The highest BCUT2D eigenvalue weighted by Gasteiger charge is 2.37. The van der Waals surface area contributed by atoms with E-state index < -0.39 is 29.2 Å². The molecule has 1 aromatic carbocycles. The number of hydrogen-bond donors (Lipinski definition) is 3. The zero-order valence-corrected chi connectivity index (χ0v) is 27.0. The van der Waals surface area contributed by atoms with Crippen molar-refractivity contribution in [3.8, 4) is 5.88 Å². The second kappa shape index (κ2) is 15.2. The molecule has 48 heavy (non-hydrogen) atoms. The number of carboxylic acids is 1. The van der Waals surface area contributed by atoms with Crippen LogP contribution >= 0.6 is 0 Å². The second-order valence-electron chi connectivity index (χ2n) is 12.1. The Hall–Kier alpha value is -5.15. The van der Waals surface area contributed by atoms with E-state index in [1.165, 1.54) is 12.5 Å². The predicted octanol–water partition coefficient (Wildman–Crippen LogP) is 4.38. The highest BCUT2D eigenvalue weighted by atomic mass is 19.4. The number of methoxy groups -OCH3 is 1. The number of carboxylic acid groups (broad SMARTS) is 1. The van der Waals surface area contributed by atoms with Crippen molar-refractivity contribution in [2.24, 2.45) is 0 Å². The molecule has 1 saturated heterocycles. The van der Waals surface area contributed by atoms with Gasteiger partial charge in [-0.05, 0) is 45.4 Å². The Morgan fingerprint density at radius 1 is 1.06 bits per heavy atom. The normalized spacial score (nSPS) is 15.9. The van der Waals surface area contributed by atoms with E-state index in [4.69, 9.17) is 14.6 Å². The Kier molecular flexibility index (Phi) is 11.3. The number of carbonyl (C=O) groups is 3. The molecule has 1 fully saturated rings. The third kappa shape index (κ3) is 9.68. The summed E-state index contributed by atoms with van der Waals surface area (Å²) in [6.07, 6.45) is -0.807. The number of rotatable bonds is 7. The van der Waals surface area contributed by atoms with Crippen molar-refractivity contribution in [1.29, 1.82) is 0 Å². The van der Waals surface area contributed by atoms with Crippen molar-refractivity contribution in [3.05, 3.63) is 71.3 Å². The SMILES string of the molecule is COc1ncc(N2CCc3ncnc(N[C@H]4CCN(C(=O)OC(C)(C)C)C4)c3C2)cc1C(F)(F)F.O=C(O)CNC(=O)c1ccccc1. The van der Waals surface area contributed by atoms with Gasteiger partial charge in [-0.15, -0.1) is 0 Å². The van der Waals surface area contributed by atoms with Gasteiger partial charge >= 0.3 is 18.2 Å². The number of aromatic nitrogens is 3. The molecule has 2 aromatic heterocycles. The minimum Gasteiger partial charge on any atom is -0.481 e. The van der Waals surface area contributed by atoms with Crippen molar-refractivity contribution >= 4 is 29.5 Å². The first-order valence-electron chi connectivity index (χ1n) is 15.1. The van der Waals surface area contributed by atoms with Gasteiger partial charge in [0.1, 0.15) is 29.9 Å². The zero-order valence-electron chi connectivity index (χ0n) is 27.0. The number of halogens is 3. The Labute approximate surface area is 275 Å². The Morgan fingerprint density at radius 3 is 2.44 bits per heavy atom. The fraction of sp³-hybridized carbons (Fsp3) is 0.438. The average Bonchev–Trinajstić information content (AvgIpc) is 3.52. The van der Waals surface area contributed by atoms with Gasteiger partial charge in [-0.2, -0.15) is 13.2 Å². The number of nitrogens with zero attached hydrogens (tertiary/aromatic N) is 5. The van der Waals surface area contributed by atoms with Gasteiger partial charge in [0.25, 0.3) is 5.91 Å². The van der Waals surface area contributed by atoms with Crippen LogP contribution in [0.5, 0.6) is 5.88 Å². The summed E-state index contributed by atoms with van der Waals surface area (Å²) in [5, 5.41) is 14.0. The summed E-state index contributed by atoms with van der Waals surface area (Å²) in [5.41, 5.74) is 0.982. The number of alkyl halides is 3. The molecule has 2 aliphatic heterocycles. The van der Waals surface area contributed by atoms with Gasteiger partial charge in [-0.1, -0.05) is 18.2 Å². The van der Waals surface area contributed by atoms with E-state index in [-0.39, 0.29) is 24.6 Å². The first-order chi connectivity index (χ1) is 22.6. The lowest BCUT2D eigenvalue weighted by atomic mass is 10.0. The summed E-state index contributed by atoms with van der Waals surface area (Å²) in [6, 6.07) is 9.49. The number of carbonyl (C=O) groups excluding carboxylic acids is 2. The third-order valence-corrected chi connectivity index (χ3v) is 7.32. The Morgan fingerprint density at radius 2 is 1.79 bits per heavy atom. The molecule has 0 bridgehead atoms. The maximum atomic E-state index is 13.5. The van der Waals surface area contributed by atoms with Gasteiger partial charge in [0.15, 0.2) is 0 Å². The Balaban J connectivity index is 0.000000336. The first-order valence-corrected chi connectivity index (χ1v) is 15.1. The summed E-state index contributed by atoms with van der Waals surface area (Å²) >= 11 is 0. The second-order valence-corrected chi connectivity index (χ2v) is 12.1. The number of hydrogen-bond acceptors (Lipinski definition) is 10. The van der Waals surface area contributed by atoms with Crippen LogP contribution in [0.1, 0.15) is 54.4 Å². The lowest BCUT2D eigenvalue weighted by Crippen LogP contribution is -2.37. The minimum atomic E-state index is -4.58. The predicted molar refractivity (Wildman–Crippen MR) is 169 cm³/mol. The van der Waals surface area contributed by atoms with Gasteiger partial charge in [-0.3, -0.25) is 9.59 Å². The van der Waals surface area contributed by atoms with Crippen molar-refractivity contribution in [2.75, 3.05) is 43.5 Å². The Bertz CT molecular complexity index is 1600. The van der Waals surface area contributed by atoms with Crippen LogP contribution in [-0.2, 0) is 28.7 Å². The molecule has 13 nitrogen and oxygen atoms in total. The molecular weight excluding hydrogens is 635 g/mol. The van der Waals surface area contributed by atoms with Crippen LogP contribution in [0.3, 0.4) is 0 Å². The summed E-state index contributed by atoms with van der Waals surface area (Å²) in [4.78, 5) is 49.8. The monoisotopic (exact) mass is 673 g/mol. The molecule has 0 aliphatic carbocycles. The highest BCUT2D eigenvalue weighted by molar-refractivity contribution is 5.95. The first kappa shape index (κ1) is 35.7. The number of likely N-dealkylation sites (tertiary alicyclic amines) is 1. The summed E-state index contributed by atoms with van der Waals surface area (Å²) in [6.45, 7) is 6.96. The molecule has 0 radical (unpaired) electrons. The quantitative estimate of drug-likeness (QED) is 0.327. The van der Waals surface area contributed by atoms with Gasteiger partial charge < -0.3 is 35.0 Å². The minimum absolute atomic E-state index is 0.0311. The fourth-order valence-electron chi connectivity index (χ4n) is 5.08. The molecule has 4 heterocycles. The third-order valence-electron chi connectivity index (χ3n) is 7.32. The largest absolute Gasteiger partial charge is 0.481 e. The fourth-order valence-corrected chi connectivity index (χ4v) is 5.08. The molecule has 5 rings (SSSR count). The summed E-state index contributed by atoms with van der Waals surface area (Å²) in [7, 11) is 1.16. The maximum absolute atomic E-state index is 13.5. The van der Waals surface area contributed by atoms with Crippen LogP contribution in [0, 0.1) is 0 Å². The summed E-state index contributed by atoms with van der Waals surface area (Å²) in [5.74, 6) is -1.26. The van der Waals surface area contributed by atoms with E-state index in [9.17, 15) is 27.6 Å². The standard InChI is InChI=1S/C23H29F3N6O3.C9H9NO3/c1-22(2,3)35-21(33)32-7-5-14(11-32)30-19-16-12-31(8-6-18(16)28-13-29-19)15-9-17(23(24,25)26)20(34-4)27-10-15;11-8(12)6-10-9(13)7-4-2-1-3-5-7/h9-10,13-14H,5-8,11-12H2,1-4H3,(H,28,29,30);1-5H,6H2,(H,10,13)(H,11,12)/t14-;/m0./s1. The van der Waals surface area contributed by atoms with Gasteiger partial charge in [0.05, 0.1) is 24.7 Å². The van der Waals surface area contributed by atoms with E-state index in [2.05, 4.69) is 25.6 Å². The maximum Gasteiger partial charge on any atom is 0.421 e. The van der Waals surface area contributed by atoms with Crippen LogP contribution in [-0.4, -0.2) is 87.9 Å². The molecule has 0 saturated carbocycles. The number of amides is 2. The van der Waals surface area contributed by atoms with Gasteiger partial charge in [-0.25, -0.2) is 19.7 Å². The molecule has 258 valence electrons. The molecule has 16 heteroatoms. The van der Waals surface area contributed by atoms with Gasteiger partial charge in [0.2, 0.25) is 5.88 Å². The average molecular weight is 674 g/mol. The molecule has 3 N–H and O–H groups in total. The lowest BCUT2D eigenvalue weighted by molar-refractivity contribution is -0.139. The number of pyridine rings is 1. The number of anilines is 2. The molecule has 1 atom stereocenters. The number of benzene rings is 1. The number of nitrogens with one attached hydrogen (secondary N) is 2. The van der Waals surface area contributed by atoms with E-state index in [0.717, 1.165) is 30.9 Å². The smallest absolute Gasteiger partial charge is 0.421 e. The zero-order chi connectivity index (χ0) is 35.1. The van der Waals surface area contributed by atoms with Gasteiger partial charge in [0, 0.05) is 49.8 Å².